The van der Waals surface area contributed by atoms with Gasteiger partial charge in [-0.05, 0) is 32.0 Å². The maximum absolute atomic E-state index is 12.5. The van der Waals surface area contributed by atoms with Gasteiger partial charge in [0.25, 0.3) is 0 Å². The molecule has 2 N–H and O–H groups in total. The van der Waals surface area contributed by atoms with Crippen LogP contribution in [0.3, 0.4) is 0 Å². The predicted molar refractivity (Wildman–Crippen MR) is 86.3 cm³/mol. The summed E-state index contributed by atoms with van der Waals surface area (Å²) in [7, 11) is -1.14. The molecule has 0 aromatic heterocycles. The SMILES string of the molecule is CC(C)N1CCOC(CS(=O)c2cc(Br)ccc2N)C1. The van der Waals surface area contributed by atoms with Crippen LogP contribution < -0.4 is 5.73 Å². The Morgan fingerprint density at radius 2 is 2.30 bits per heavy atom. The van der Waals surface area contributed by atoms with Crippen LogP contribution in [0.1, 0.15) is 13.8 Å². The highest BCUT2D eigenvalue weighted by Crippen LogP contribution is 2.23. The number of benzene rings is 1. The van der Waals surface area contributed by atoms with Gasteiger partial charge in [-0.15, -0.1) is 0 Å². The Hall–Kier alpha value is -0.430. The summed E-state index contributed by atoms with van der Waals surface area (Å²) in [6.07, 6.45) is 0.00497. The molecule has 1 heterocycles. The van der Waals surface area contributed by atoms with E-state index in [1.54, 1.807) is 6.07 Å². The molecule has 0 spiro atoms. The lowest BCUT2D eigenvalue weighted by Crippen LogP contribution is -2.47. The van der Waals surface area contributed by atoms with E-state index >= 15 is 0 Å². The van der Waals surface area contributed by atoms with Crippen LogP contribution in [-0.2, 0) is 15.5 Å². The van der Waals surface area contributed by atoms with Crippen LogP contribution in [0.25, 0.3) is 0 Å². The zero-order chi connectivity index (χ0) is 14.7. The standard InChI is InChI=1S/C14H21BrN2O2S/c1-10(2)17-5-6-19-12(8-17)9-20(18)14-7-11(15)3-4-13(14)16/h3-4,7,10,12H,5-6,8-9,16H2,1-2H3. The van der Waals surface area contributed by atoms with Crippen LogP contribution in [0.2, 0.25) is 0 Å². The first-order valence-corrected chi connectivity index (χ1v) is 8.87. The number of halogens is 1. The van der Waals surface area contributed by atoms with Crippen molar-refractivity contribution < 1.29 is 8.95 Å². The second-order valence-electron chi connectivity index (χ2n) is 5.28. The molecular weight excluding hydrogens is 340 g/mol. The highest BCUT2D eigenvalue weighted by atomic mass is 79.9. The fourth-order valence-corrected chi connectivity index (χ4v) is 4.10. The van der Waals surface area contributed by atoms with Gasteiger partial charge in [-0.1, -0.05) is 15.9 Å². The van der Waals surface area contributed by atoms with Crippen molar-refractivity contribution in [3.05, 3.63) is 22.7 Å². The quantitative estimate of drug-likeness (QED) is 0.836. The molecule has 4 nitrogen and oxygen atoms in total. The molecule has 0 amide bonds. The van der Waals surface area contributed by atoms with Crippen molar-refractivity contribution in [2.24, 2.45) is 0 Å². The Morgan fingerprint density at radius 3 is 3.00 bits per heavy atom. The molecule has 1 aliphatic rings. The molecule has 2 rings (SSSR count). The number of hydrogen-bond donors (Lipinski definition) is 1. The van der Waals surface area contributed by atoms with Crippen LogP contribution >= 0.6 is 15.9 Å². The van der Waals surface area contributed by atoms with Crippen molar-refractivity contribution >= 4 is 32.4 Å². The highest BCUT2D eigenvalue weighted by molar-refractivity contribution is 9.10. The summed E-state index contributed by atoms with van der Waals surface area (Å²) in [4.78, 5) is 3.04. The molecule has 0 bridgehead atoms. The maximum Gasteiger partial charge on any atom is 0.0821 e. The number of anilines is 1. The molecule has 1 aliphatic heterocycles. The van der Waals surface area contributed by atoms with Crippen molar-refractivity contribution in [3.63, 3.8) is 0 Å². The van der Waals surface area contributed by atoms with E-state index in [2.05, 4.69) is 34.7 Å². The average Bonchev–Trinajstić information content (AvgIpc) is 2.41. The summed E-state index contributed by atoms with van der Waals surface area (Å²) in [6.45, 7) is 6.82. The van der Waals surface area contributed by atoms with Gasteiger partial charge in [0.1, 0.15) is 0 Å². The van der Waals surface area contributed by atoms with E-state index in [-0.39, 0.29) is 6.10 Å². The Morgan fingerprint density at radius 1 is 1.55 bits per heavy atom. The normalized spacial score (nSPS) is 22.1. The van der Waals surface area contributed by atoms with Gasteiger partial charge < -0.3 is 10.5 Å². The minimum absolute atomic E-state index is 0.00497. The Bertz CT molecular complexity index is 496. The summed E-state index contributed by atoms with van der Waals surface area (Å²) >= 11 is 3.39. The van der Waals surface area contributed by atoms with E-state index in [1.807, 2.05) is 12.1 Å². The van der Waals surface area contributed by atoms with Crippen molar-refractivity contribution in [3.8, 4) is 0 Å². The minimum Gasteiger partial charge on any atom is -0.398 e. The smallest absolute Gasteiger partial charge is 0.0821 e. The van der Waals surface area contributed by atoms with Gasteiger partial charge in [-0.25, -0.2) is 0 Å². The molecule has 6 heteroatoms. The monoisotopic (exact) mass is 360 g/mol. The summed E-state index contributed by atoms with van der Waals surface area (Å²) in [5.41, 5.74) is 6.48. The number of nitrogen functional groups attached to an aromatic ring is 1. The molecule has 20 heavy (non-hydrogen) atoms. The molecule has 1 aromatic rings. The van der Waals surface area contributed by atoms with Crippen molar-refractivity contribution in [1.82, 2.24) is 4.90 Å². The van der Waals surface area contributed by atoms with Gasteiger partial charge in [0.2, 0.25) is 0 Å². The lowest BCUT2D eigenvalue weighted by molar-refractivity contribution is -0.0268. The van der Waals surface area contributed by atoms with Crippen LogP contribution in [0.5, 0.6) is 0 Å². The Labute approximate surface area is 131 Å². The number of rotatable bonds is 4. The largest absolute Gasteiger partial charge is 0.398 e. The lowest BCUT2D eigenvalue weighted by Gasteiger charge is -2.35. The number of morpholine rings is 1. The highest BCUT2D eigenvalue weighted by Gasteiger charge is 2.24. The van der Waals surface area contributed by atoms with Gasteiger partial charge in [0.05, 0.1) is 34.2 Å². The zero-order valence-corrected chi connectivity index (χ0v) is 14.2. The first-order valence-electron chi connectivity index (χ1n) is 6.76. The number of ether oxygens (including phenoxy) is 1. The molecule has 0 aliphatic carbocycles. The molecule has 2 atom stereocenters. The summed E-state index contributed by atoms with van der Waals surface area (Å²) in [5.74, 6) is 0.490. The third kappa shape index (κ3) is 4.04. The predicted octanol–water partition coefficient (Wildman–Crippen LogP) is 2.25. The fourth-order valence-electron chi connectivity index (χ4n) is 2.28. The van der Waals surface area contributed by atoms with Gasteiger partial charge in [-0.3, -0.25) is 9.11 Å². The van der Waals surface area contributed by atoms with Crippen LogP contribution in [0, 0.1) is 0 Å². The van der Waals surface area contributed by atoms with Crippen molar-refractivity contribution in [1.29, 1.82) is 0 Å². The third-order valence-corrected chi connectivity index (χ3v) is 5.47. The second-order valence-corrected chi connectivity index (χ2v) is 7.66. The number of nitrogens with zero attached hydrogens (tertiary/aromatic N) is 1. The fraction of sp³-hybridized carbons (Fsp3) is 0.571. The van der Waals surface area contributed by atoms with Crippen molar-refractivity contribution in [2.75, 3.05) is 31.2 Å². The molecule has 1 aromatic carbocycles. The molecular formula is C14H21BrN2O2S. The lowest BCUT2D eigenvalue weighted by atomic mass is 10.2. The number of nitrogens with two attached hydrogens (primary N) is 1. The molecule has 1 saturated heterocycles. The molecule has 2 unspecified atom stereocenters. The molecule has 112 valence electrons. The maximum atomic E-state index is 12.5. The van der Waals surface area contributed by atoms with Crippen molar-refractivity contribution in [2.45, 2.75) is 30.9 Å². The van der Waals surface area contributed by atoms with E-state index < -0.39 is 10.8 Å². The van der Waals surface area contributed by atoms with E-state index in [0.29, 0.717) is 29.0 Å². The van der Waals surface area contributed by atoms with Crippen LogP contribution in [-0.4, -0.2) is 46.7 Å². The summed E-state index contributed by atoms with van der Waals surface area (Å²) in [6, 6.07) is 5.95. The Kier molecular flexibility index (Phi) is 5.60. The summed E-state index contributed by atoms with van der Waals surface area (Å²) in [5, 5.41) is 0. The second kappa shape index (κ2) is 7.02. The topological polar surface area (TPSA) is 55.6 Å². The van der Waals surface area contributed by atoms with Gasteiger partial charge in [-0.2, -0.15) is 0 Å². The first-order chi connectivity index (χ1) is 9.47. The van der Waals surface area contributed by atoms with E-state index in [1.165, 1.54) is 0 Å². The van der Waals surface area contributed by atoms with E-state index in [0.717, 1.165) is 17.6 Å². The van der Waals surface area contributed by atoms with E-state index in [9.17, 15) is 4.21 Å². The van der Waals surface area contributed by atoms with Crippen LogP contribution in [0.15, 0.2) is 27.6 Å². The van der Waals surface area contributed by atoms with Crippen LogP contribution in [0.4, 0.5) is 5.69 Å². The molecule has 0 radical (unpaired) electrons. The molecule has 0 saturated carbocycles. The summed E-state index contributed by atoms with van der Waals surface area (Å²) < 4.78 is 19.1. The average molecular weight is 361 g/mol. The van der Waals surface area contributed by atoms with Gasteiger partial charge in [0, 0.05) is 29.3 Å². The number of hydrogen-bond acceptors (Lipinski definition) is 4. The Balaban J connectivity index is 2.02. The molecule has 1 fully saturated rings. The van der Waals surface area contributed by atoms with E-state index in [4.69, 9.17) is 10.5 Å². The van der Waals surface area contributed by atoms with Gasteiger partial charge >= 0.3 is 0 Å². The minimum atomic E-state index is -1.14. The third-order valence-electron chi connectivity index (χ3n) is 3.46. The zero-order valence-electron chi connectivity index (χ0n) is 11.8. The van der Waals surface area contributed by atoms with Gasteiger partial charge in [0.15, 0.2) is 0 Å². The first kappa shape index (κ1) is 15.9.